The van der Waals surface area contributed by atoms with Gasteiger partial charge >= 0.3 is 0 Å². The predicted molar refractivity (Wildman–Crippen MR) is 167 cm³/mol. The molecule has 45 heavy (non-hydrogen) atoms. The number of aromatic amines is 1. The molecule has 2 amide bonds. The minimum absolute atomic E-state index is 0.00229. The second-order valence-corrected chi connectivity index (χ2v) is 11.2. The van der Waals surface area contributed by atoms with Crippen molar-refractivity contribution in [3.05, 3.63) is 123 Å². The lowest BCUT2D eigenvalue weighted by atomic mass is 10.0. The topological polar surface area (TPSA) is 139 Å². The van der Waals surface area contributed by atoms with Crippen molar-refractivity contribution in [2.24, 2.45) is 0 Å². The quantitative estimate of drug-likeness (QED) is 0.230. The van der Waals surface area contributed by atoms with E-state index in [2.05, 4.69) is 20.5 Å². The summed E-state index contributed by atoms with van der Waals surface area (Å²) in [4.78, 5) is 59.1. The predicted octanol–water partition coefficient (Wildman–Crippen LogP) is 3.92. The van der Waals surface area contributed by atoms with Crippen LogP contribution in [0.3, 0.4) is 0 Å². The van der Waals surface area contributed by atoms with Gasteiger partial charge in [-0.25, -0.2) is 4.98 Å². The highest BCUT2D eigenvalue weighted by molar-refractivity contribution is 6.06. The van der Waals surface area contributed by atoms with Gasteiger partial charge in [-0.05, 0) is 49.2 Å². The Kier molecular flexibility index (Phi) is 8.24. The van der Waals surface area contributed by atoms with E-state index in [0.29, 0.717) is 46.6 Å². The summed E-state index contributed by atoms with van der Waals surface area (Å²) in [5.41, 5.74) is 2.98. The van der Waals surface area contributed by atoms with Crippen molar-refractivity contribution in [2.45, 2.75) is 46.0 Å². The number of hydrogen-bond donors (Lipinski definition) is 2. The summed E-state index contributed by atoms with van der Waals surface area (Å²) in [6.45, 7) is 4.92. The van der Waals surface area contributed by atoms with Crippen LogP contribution in [-0.4, -0.2) is 54.8 Å². The van der Waals surface area contributed by atoms with Gasteiger partial charge < -0.3 is 19.5 Å². The SMILES string of the molecule is CC(C)N1CCn2c(CNC(=O)c3cccc(CC(=O)c4[nH]nc5ncccc45)c3)cc(=O)c(OCc3ccccc3)c2C1=O. The van der Waals surface area contributed by atoms with Gasteiger partial charge in [0, 0.05) is 54.5 Å². The molecule has 3 aromatic heterocycles. The fourth-order valence-electron chi connectivity index (χ4n) is 5.53. The summed E-state index contributed by atoms with van der Waals surface area (Å²) in [7, 11) is 0. The molecular weight excluding hydrogens is 572 g/mol. The number of carbonyl (C=O) groups excluding carboxylic acids is 3. The second kappa shape index (κ2) is 12.6. The third-order valence-corrected chi connectivity index (χ3v) is 7.82. The number of Topliss-reactive ketones (excluding diaryl/α,β-unsaturated/α-hetero) is 1. The molecule has 0 unspecified atom stereocenters. The van der Waals surface area contributed by atoms with Crippen molar-refractivity contribution in [1.82, 2.24) is 30.0 Å². The van der Waals surface area contributed by atoms with Gasteiger partial charge in [-0.1, -0.05) is 42.5 Å². The van der Waals surface area contributed by atoms with Crippen LogP contribution in [0.1, 0.15) is 62.0 Å². The number of ketones is 1. The first-order chi connectivity index (χ1) is 21.8. The van der Waals surface area contributed by atoms with E-state index in [1.54, 1.807) is 52.1 Å². The summed E-state index contributed by atoms with van der Waals surface area (Å²) in [5.74, 6) is -0.841. The van der Waals surface area contributed by atoms with Crippen LogP contribution in [-0.2, 0) is 26.1 Å². The van der Waals surface area contributed by atoms with Crippen LogP contribution in [0.4, 0.5) is 0 Å². The first-order valence-electron chi connectivity index (χ1n) is 14.7. The number of H-pyrrole nitrogens is 1. The van der Waals surface area contributed by atoms with E-state index in [1.165, 1.54) is 6.07 Å². The summed E-state index contributed by atoms with van der Waals surface area (Å²) in [6, 6.07) is 21.1. The third-order valence-electron chi connectivity index (χ3n) is 7.82. The number of carbonyl (C=O) groups is 3. The number of pyridine rings is 2. The van der Waals surface area contributed by atoms with Gasteiger partial charge in [0.2, 0.25) is 5.43 Å². The molecule has 228 valence electrons. The standard InChI is InChI=1S/C34H32N6O5/c1-21(2)39-14-15-40-25(18-28(42)31(30(40)34(39)44)45-20-22-8-4-3-5-9-22)19-36-33(43)24-11-6-10-23(16-24)17-27(41)29-26-12-7-13-35-32(26)38-37-29/h3-13,16,18,21H,14-15,17,19-20H2,1-2H3,(H,36,43)(H,35,37,38). The number of fused-ring (bicyclic) bond motifs is 2. The minimum Gasteiger partial charge on any atom is -0.483 e. The molecule has 0 saturated carbocycles. The molecule has 0 radical (unpaired) electrons. The van der Waals surface area contributed by atoms with Crippen molar-refractivity contribution >= 4 is 28.6 Å². The molecule has 0 fully saturated rings. The Balaban J connectivity index is 1.21. The van der Waals surface area contributed by atoms with Crippen LogP contribution >= 0.6 is 0 Å². The van der Waals surface area contributed by atoms with Crippen LogP contribution in [0.25, 0.3) is 11.0 Å². The van der Waals surface area contributed by atoms with Gasteiger partial charge in [0.1, 0.15) is 12.3 Å². The van der Waals surface area contributed by atoms with Crippen molar-refractivity contribution in [2.75, 3.05) is 6.54 Å². The molecule has 0 spiro atoms. The van der Waals surface area contributed by atoms with Crippen LogP contribution in [0.15, 0.2) is 83.8 Å². The highest BCUT2D eigenvalue weighted by Gasteiger charge is 2.32. The van der Waals surface area contributed by atoms with E-state index in [0.717, 1.165) is 5.56 Å². The number of ether oxygens (including phenoxy) is 1. The zero-order valence-electron chi connectivity index (χ0n) is 24.9. The van der Waals surface area contributed by atoms with Gasteiger partial charge in [-0.2, -0.15) is 5.10 Å². The van der Waals surface area contributed by atoms with E-state index in [1.807, 2.05) is 44.2 Å². The molecule has 2 N–H and O–H groups in total. The molecule has 1 aliphatic heterocycles. The molecule has 11 nitrogen and oxygen atoms in total. The zero-order valence-corrected chi connectivity index (χ0v) is 24.9. The third kappa shape index (κ3) is 6.10. The van der Waals surface area contributed by atoms with E-state index in [-0.39, 0.29) is 54.7 Å². The Morgan fingerprint density at radius 1 is 0.978 bits per heavy atom. The number of amides is 2. The van der Waals surface area contributed by atoms with Crippen molar-refractivity contribution in [3.63, 3.8) is 0 Å². The molecule has 0 atom stereocenters. The summed E-state index contributed by atoms with van der Waals surface area (Å²) in [5, 5.41) is 10.4. The van der Waals surface area contributed by atoms with Crippen molar-refractivity contribution < 1.29 is 19.1 Å². The Labute approximate surface area is 258 Å². The largest absolute Gasteiger partial charge is 0.483 e. The van der Waals surface area contributed by atoms with Crippen LogP contribution in [0, 0.1) is 0 Å². The minimum atomic E-state index is -0.428. The molecule has 2 aromatic carbocycles. The summed E-state index contributed by atoms with van der Waals surface area (Å²) >= 11 is 0. The number of rotatable bonds is 10. The Hall–Kier alpha value is -5.58. The average molecular weight is 605 g/mol. The molecule has 1 aliphatic rings. The lowest BCUT2D eigenvalue weighted by Gasteiger charge is -2.35. The normalized spacial score (nSPS) is 12.8. The second-order valence-electron chi connectivity index (χ2n) is 11.2. The lowest BCUT2D eigenvalue weighted by Crippen LogP contribution is -2.46. The fraction of sp³-hybridized carbons (Fsp3) is 0.235. The van der Waals surface area contributed by atoms with Crippen LogP contribution < -0.4 is 15.5 Å². The highest BCUT2D eigenvalue weighted by atomic mass is 16.5. The smallest absolute Gasteiger partial charge is 0.274 e. The van der Waals surface area contributed by atoms with Crippen molar-refractivity contribution in [3.8, 4) is 5.75 Å². The van der Waals surface area contributed by atoms with Gasteiger partial charge in [-0.3, -0.25) is 24.3 Å². The molecule has 0 bridgehead atoms. The molecule has 0 saturated heterocycles. The van der Waals surface area contributed by atoms with Gasteiger partial charge in [-0.15, -0.1) is 0 Å². The molecule has 11 heteroatoms. The lowest BCUT2D eigenvalue weighted by molar-refractivity contribution is 0.0636. The average Bonchev–Trinajstić information content (AvgIpc) is 3.48. The highest BCUT2D eigenvalue weighted by Crippen LogP contribution is 2.25. The van der Waals surface area contributed by atoms with Gasteiger partial charge in [0.25, 0.3) is 11.8 Å². The number of hydrogen-bond acceptors (Lipinski definition) is 7. The van der Waals surface area contributed by atoms with Crippen LogP contribution in [0.5, 0.6) is 5.75 Å². The molecular formula is C34H32N6O5. The monoisotopic (exact) mass is 604 g/mol. The van der Waals surface area contributed by atoms with Gasteiger partial charge in [0.15, 0.2) is 22.9 Å². The Morgan fingerprint density at radius 2 is 1.78 bits per heavy atom. The fourth-order valence-corrected chi connectivity index (χ4v) is 5.53. The van der Waals surface area contributed by atoms with E-state index < -0.39 is 5.43 Å². The number of nitrogens with zero attached hydrogens (tertiary/aromatic N) is 4. The summed E-state index contributed by atoms with van der Waals surface area (Å²) < 4.78 is 7.73. The molecule has 6 rings (SSSR count). The maximum Gasteiger partial charge on any atom is 0.274 e. The van der Waals surface area contributed by atoms with Gasteiger partial charge in [0.05, 0.1) is 6.54 Å². The molecule has 0 aliphatic carbocycles. The first kappa shape index (κ1) is 29.5. The number of aromatic nitrogens is 4. The number of nitrogens with one attached hydrogen (secondary N) is 2. The van der Waals surface area contributed by atoms with E-state index in [4.69, 9.17) is 4.74 Å². The Bertz CT molecular complexity index is 1960. The maximum absolute atomic E-state index is 13.6. The molecule has 4 heterocycles. The van der Waals surface area contributed by atoms with Crippen molar-refractivity contribution in [1.29, 1.82) is 0 Å². The Morgan fingerprint density at radius 3 is 2.58 bits per heavy atom. The zero-order chi connectivity index (χ0) is 31.5. The first-order valence-corrected chi connectivity index (χ1v) is 14.7. The number of benzene rings is 2. The summed E-state index contributed by atoms with van der Waals surface area (Å²) in [6.07, 6.45) is 1.67. The molecule has 5 aromatic rings. The van der Waals surface area contributed by atoms with Crippen LogP contribution in [0.2, 0.25) is 0 Å². The van der Waals surface area contributed by atoms with E-state index >= 15 is 0 Å². The van der Waals surface area contributed by atoms with E-state index in [9.17, 15) is 19.2 Å². The maximum atomic E-state index is 13.6.